The lowest BCUT2D eigenvalue weighted by Gasteiger charge is -1.93. The number of nitrogens with zero attached hydrogens (tertiary/aromatic N) is 2. The molecule has 0 radical (unpaired) electrons. The average molecular weight is 279 g/mol. The summed E-state index contributed by atoms with van der Waals surface area (Å²) in [5.41, 5.74) is 6.06. The van der Waals surface area contributed by atoms with Gasteiger partial charge in [0, 0.05) is 6.07 Å². The molecule has 0 aliphatic heterocycles. The summed E-state index contributed by atoms with van der Waals surface area (Å²) < 4.78 is 1.83. The van der Waals surface area contributed by atoms with Crippen LogP contribution in [0.15, 0.2) is 29.7 Å². The van der Waals surface area contributed by atoms with Crippen LogP contribution in [0.5, 0.6) is 0 Å². The first-order chi connectivity index (χ1) is 5.24. The minimum absolute atomic E-state index is 0. The smallest absolute Gasteiger partial charge is 0.179 e. The lowest BCUT2D eigenvalue weighted by atomic mass is 10.3. The molecule has 1 heterocycles. The zero-order valence-corrected chi connectivity index (χ0v) is 8.76. The number of pyridine rings is 1. The first-order valence-corrected chi connectivity index (χ1v) is 3.17. The molecule has 0 aliphatic rings. The molecular weight excluding hydrogens is 269 g/mol. The molecule has 0 bridgehead atoms. The molecule has 0 fully saturated rings. The molecule has 66 valence electrons. The van der Waals surface area contributed by atoms with E-state index in [1.165, 1.54) is 0 Å². The van der Waals surface area contributed by atoms with Crippen molar-refractivity contribution >= 4 is 5.84 Å². The van der Waals surface area contributed by atoms with E-state index < -0.39 is 0 Å². The highest BCUT2D eigenvalue weighted by atomic mass is 127. The number of amidine groups is 1. The molecule has 1 aromatic rings. The second kappa shape index (κ2) is 4.91. The largest absolute Gasteiger partial charge is 1.00 e. The van der Waals surface area contributed by atoms with Crippen molar-refractivity contribution < 1.29 is 33.8 Å². The number of oxime groups is 1. The summed E-state index contributed by atoms with van der Waals surface area (Å²) in [5.74, 6) is 0.126. The second-order valence-electron chi connectivity index (χ2n) is 2.24. The molecule has 1 aromatic heterocycles. The van der Waals surface area contributed by atoms with Crippen molar-refractivity contribution in [2.75, 3.05) is 0 Å². The van der Waals surface area contributed by atoms with E-state index >= 15 is 0 Å². The molecule has 0 atom stereocenters. The molecule has 0 aromatic carbocycles. The Labute approximate surface area is 87.7 Å². The van der Waals surface area contributed by atoms with Crippen molar-refractivity contribution in [1.29, 1.82) is 0 Å². The SMILES string of the molecule is C[n+]1cccc(/C(N)=N/O)c1.[I-]. The Hall–Kier alpha value is -0.850. The van der Waals surface area contributed by atoms with Crippen molar-refractivity contribution in [3.8, 4) is 0 Å². The van der Waals surface area contributed by atoms with Crippen LogP contribution in [0, 0.1) is 0 Å². The summed E-state index contributed by atoms with van der Waals surface area (Å²) in [5, 5.41) is 11.2. The summed E-state index contributed by atoms with van der Waals surface area (Å²) in [6, 6.07) is 3.60. The Morgan fingerprint density at radius 3 is 2.83 bits per heavy atom. The van der Waals surface area contributed by atoms with Crippen molar-refractivity contribution in [1.82, 2.24) is 0 Å². The standard InChI is InChI=1S/C7H9N3O.HI/c1-10-4-2-3-6(5-10)7(8)9-11;/h2-5H,1H3,(H2-,8,9,11);1H. The van der Waals surface area contributed by atoms with E-state index in [1.807, 2.05) is 23.9 Å². The zero-order valence-electron chi connectivity index (χ0n) is 6.61. The van der Waals surface area contributed by atoms with E-state index in [9.17, 15) is 0 Å². The Morgan fingerprint density at radius 2 is 2.33 bits per heavy atom. The van der Waals surface area contributed by atoms with Crippen LogP contribution in [0.2, 0.25) is 0 Å². The first-order valence-electron chi connectivity index (χ1n) is 3.17. The number of halogens is 1. The minimum Gasteiger partial charge on any atom is -1.00 e. The second-order valence-corrected chi connectivity index (χ2v) is 2.24. The summed E-state index contributed by atoms with van der Waals surface area (Å²) in [7, 11) is 1.87. The third-order valence-corrected chi connectivity index (χ3v) is 1.34. The van der Waals surface area contributed by atoms with Gasteiger partial charge in [0.2, 0.25) is 0 Å². The van der Waals surface area contributed by atoms with Gasteiger partial charge in [-0.15, -0.1) is 0 Å². The highest BCUT2D eigenvalue weighted by Crippen LogP contribution is 1.91. The fraction of sp³-hybridized carbons (Fsp3) is 0.143. The van der Waals surface area contributed by atoms with Gasteiger partial charge >= 0.3 is 0 Å². The third kappa shape index (κ3) is 2.65. The van der Waals surface area contributed by atoms with E-state index in [0.717, 1.165) is 0 Å². The predicted molar refractivity (Wildman–Crippen MR) is 40.1 cm³/mol. The lowest BCUT2D eigenvalue weighted by molar-refractivity contribution is -0.671. The van der Waals surface area contributed by atoms with Gasteiger partial charge in [-0.2, -0.15) is 0 Å². The van der Waals surface area contributed by atoms with E-state index in [4.69, 9.17) is 10.9 Å². The van der Waals surface area contributed by atoms with Crippen LogP contribution in [-0.4, -0.2) is 11.0 Å². The molecule has 3 N–H and O–H groups in total. The van der Waals surface area contributed by atoms with Crippen LogP contribution >= 0.6 is 0 Å². The molecule has 4 nitrogen and oxygen atoms in total. The van der Waals surface area contributed by atoms with Crippen LogP contribution in [0.3, 0.4) is 0 Å². The summed E-state index contributed by atoms with van der Waals surface area (Å²) in [6.07, 6.45) is 3.64. The number of nitrogens with two attached hydrogens (primary N) is 1. The molecule has 5 heteroatoms. The molecule has 0 unspecified atom stereocenters. The van der Waals surface area contributed by atoms with Crippen LogP contribution in [-0.2, 0) is 7.05 Å². The summed E-state index contributed by atoms with van der Waals surface area (Å²) >= 11 is 0. The Bertz CT molecular complexity index is 288. The van der Waals surface area contributed by atoms with Crippen molar-refractivity contribution in [2.24, 2.45) is 17.9 Å². The minimum atomic E-state index is 0. The van der Waals surface area contributed by atoms with E-state index in [0.29, 0.717) is 5.56 Å². The summed E-state index contributed by atoms with van der Waals surface area (Å²) in [4.78, 5) is 0. The quantitative estimate of drug-likeness (QED) is 0.141. The fourth-order valence-electron chi connectivity index (χ4n) is 0.797. The van der Waals surface area contributed by atoms with Crippen LogP contribution in [0.4, 0.5) is 0 Å². The summed E-state index contributed by atoms with van der Waals surface area (Å²) in [6.45, 7) is 0. The number of hydrogen-bond donors (Lipinski definition) is 2. The highest BCUT2D eigenvalue weighted by molar-refractivity contribution is 5.96. The molecule has 0 saturated heterocycles. The normalized spacial score (nSPS) is 10.6. The Kier molecular flexibility index (Phi) is 4.57. The maximum atomic E-state index is 8.33. The maximum absolute atomic E-state index is 8.33. The molecule has 0 spiro atoms. The van der Waals surface area contributed by atoms with Gasteiger partial charge in [0.25, 0.3) is 0 Å². The monoisotopic (exact) mass is 279 g/mol. The zero-order chi connectivity index (χ0) is 8.27. The molecule has 0 saturated carbocycles. The number of aryl methyl sites for hydroxylation is 1. The maximum Gasteiger partial charge on any atom is 0.179 e. The van der Waals surface area contributed by atoms with Gasteiger partial charge in [-0.1, -0.05) is 5.16 Å². The topological polar surface area (TPSA) is 62.5 Å². The predicted octanol–water partition coefficient (Wildman–Crippen LogP) is -3.39. The lowest BCUT2D eigenvalue weighted by Crippen LogP contribution is -3.00. The van der Waals surface area contributed by atoms with Gasteiger partial charge < -0.3 is 34.9 Å². The molecule has 0 aliphatic carbocycles. The average Bonchev–Trinajstić information content (AvgIpc) is 2.03. The molecule has 12 heavy (non-hydrogen) atoms. The number of aromatic nitrogens is 1. The van der Waals surface area contributed by atoms with E-state index in [1.54, 1.807) is 12.3 Å². The van der Waals surface area contributed by atoms with E-state index in [-0.39, 0.29) is 29.8 Å². The van der Waals surface area contributed by atoms with Crippen molar-refractivity contribution in [3.63, 3.8) is 0 Å². The molecule has 0 amide bonds. The molecular formula is C7H10IN3O. The van der Waals surface area contributed by atoms with Crippen LogP contribution in [0.1, 0.15) is 5.56 Å². The number of rotatable bonds is 1. The van der Waals surface area contributed by atoms with Gasteiger partial charge in [0.05, 0.1) is 5.56 Å². The third-order valence-electron chi connectivity index (χ3n) is 1.34. The van der Waals surface area contributed by atoms with Crippen LogP contribution in [0.25, 0.3) is 0 Å². The van der Waals surface area contributed by atoms with Crippen LogP contribution < -0.4 is 34.3 Å². The van der Waals surface area contributed by atoms with Gasteiger partial charge in [-0.25, -0.2) is 4.57 Å². The van der Waals surface area contributed by atoms with Crippen molar-refractivity contribution in [2.45, 2.75) is 0 Å². The Balaban J connectivity index is 0.00000121. The highest BCUT2D eigenvalue weighted by Gasteiger charge is 2.01. The number of hydrogen-bond acceptors (Lipinski definition) is 2. The van der Waals surface area contributed by atoms with E-state index in [2.05, 4.69) is 5.16 Å². The van der Waals surface area contributed by atoms with Gasteiger partial charge in [0.15, 0.2) is 18.2 Å². The van der Waals surface area contributed by atoms with Gasteiger partial charge in [0.1, 0.15) is 7.05 Å². The fourth-order valence-corrected chi connectivity index (χ4v) is 0.797. The molecule has 1 rings (SSSR count). The van der Waals surface area contributed by atoms with Gasteiger partial charge in [-0.05, 0) is 6.07 Å². The first kappa shape index (κ1) is 11.2. The van der Waals surface area contributed by atoms with Crippen molar-refractivity contribution in [3.05, 3.63) is 30.1 Å². The van der Waals surface area contributed by atoms with Gasteiger partial charge in [-0.3, -0.25) is 0 Å². The Morgan fingerprint density at radius 1 is 1.67 bits per heavy atom.